The van der Waals surface area contributed by atoms with Crippen LogP contribution in [0, 0.1) is 0 Å². The quantitative estimate of drug-likeness (QED) is 0.353. The van der Waals surface area contributed by atoms with Crippen molar-refractivity contribution in [1.29, 1.82) is 0 Å². The zero-order valence-corrected chi connectivity index (χ0v) is 22.4. The first kappa shape index (κ1) is 28.5. The average molecular weight is 553 g/mol. The van der Waals surface area contributed by atoms with E-state index in [1.54, 1.807) is 13.0 Å². The Hall–Kier alpha value is -3.04. The summed E-state index contributed by atoms with van der Waals surface area (Å²) < 4.78 is 68.0. The second kappa shape index (κ2) is 10.8. The third kappa shape index (κ3) is 6.84. The first-order chi connectivity index (χ1) is 17.1. The van der Waals surface area contributed by atoms with Gasteiger partial charge in [-0.2, -0.15) is 13.2 Å². The number of alkyl halides is 3. The summed E-state index contributed by atoms with van der Waals surface area (Å²) >= 11 is 5.73. The molecule has 0 radical (unpaired) electrons. The number of rotatable bonds is 7. The average Bonchev–Trinajstić information content (AvgIpc) is 2.82. The van der Waals surface area contributed by atoms with Crippen LogP contribution in [0.15, 0.2) is 77.7 Å². The Labute approximate surface area is 220 Å². The third-order valence-electron chi connectivity index (χ3n) is 5.82. The van der Waals surface area contributed by atoms with E-state index in [2.05, 4.69) is 26.1 Å². The molecule has 3 rings (SSSR count). The topological polar surface area (TPSA) is 66.5 Å². The monoisotopic (exact) mass is 552 g/mol. The van der Waals surface area contributed by atoms with Crippen molar-refractivity contribution in [3.63, 3.8) is 0 Å². The molecule has 10 heteroatoms. The Bertz CT molecular complexity index is 1350. The SMILES string of the molecule is C[C@H](NC(=O)CN(c1ccc(Cl)c(C(F)(F)F)c1)S(=O)(=O)c1ccccc1)c1ccc(C(C)(C)C)cc1. The fourth-order valence-corrected chi connectivity index (χ4v) is 5.35. The van der Waals surface area contributed by atoms with Crippen LogP contribution in [0.25, 0.3) is 0 Å². The molecule has 0 fully saturated rings. The number of nitrogens with one attached hydrogen (secondary N) is 1. The highest BCUT2D eigenvalue weighted by Gasteiger charge is 2.35. The van der Waals surface area contributed by atoms with Crippen molar-refractivity contribution in [1.82, 2.24) is 5.32 Å². The highest BCUT2D eigenvalue weighted by atomic mass is 35.5. The predicted octanol–water partition coefficient (Wildman–Crippen LogP) is 6.73. The number of nitrogens with zero attached hydrogens (tertiary/aromatic N) is 1. The molecule has 0 aliphatic heterocycles. The van der Waals surface area contributed by atoms with Crippen LogP contribution in [0.1, 0.15) is 50.4 Å². The third-order valence-corrected chi connectivity index (χ3v) is 7.93. The van der Waals surface area contributed by atoms with Gasteiger partial charge >= 0.3 is 6.18 Å². The Kier molecular flexibility index (Phi) is 8.29. The van der Waals surface area contributed by atoms with E-state index in [0.717, 1.165) is 23.3 Å². The smallest absolute Gasteiger partial charge is 0.348 e. The number of hydrogen-bond acceptors (Lipinski definition) is 3. The van der Waals surface area contributed by atoms with Gasteiger partial charge in [0.25, 0.3) is 10.0 Å². The van der Waals surface area contributed by atoms with E-state index in [4.69, 9.17) is 11.6 Å². The molecule has 5 nitrogen and oxygen atoms in total. The van der Waals surface area contributed by atoms with Crippen LogP contribution in [0.5, 0.6) is 0 Å². The molecule has 0 bridgehead atoms. The predicted molar refractivity (Wildman–Crippen MR) is 139 cm³/mol. The maximum absolute atomic E-state index is 13.5. The lowest BCUT2D eigenvalue weighted by Crippen LogP contribution is -2.41. The Balaban J connectivity index is 1.93. The van der Waals surface area contributed by atoms with E-state index in [0.29, 0.717) is 10.4 Å². The molecule has 0 spiro atoms. The molecule has 0 aliphatic carbocycles. The lowest BCUT2D eigenvalue weighted by atomic mass is 9.86. The minimum absolute atomic E-state index is 0.0504. The fourth-order valence-electron chi connectivity index (χ4n) is 3.69. The summed E-state index contributed by atoms with van der Waals surface area (Å²) in [5.74, 6) is -0.685. The summed E-state index contributed by atoms with van der Waals surface area (Å²) in [7, 11) is -4.38. The number of benzene rings is 3. The van der Waals surface area contributed by atoms with Gasteiger partial charge in [0, 0.05) is 0 Å². The van der Waals surface area contributed by atoms with Crippen LogP contribution < -0.4 is 9.62 Å². The van der Waals surface area contributed by atoms with Crippen molar-refractivity contribution in [3.05, 3.63) is 94.5 Å². The van der Waals surface area contributed by atoms with Gasteiger partial charge in [0.15, 0.2) is 0 Å². The number of sulfonamides is 1. The van der Waals surface area contributed by atoms with E-state index < -0.39 is 45.3 Å². The lowest BCUT2D eigenvalue weighted by Gasteiger charge is -2.26. The molecule has 0 aliphatic rings. The van der Waals surface area contributed by atoms with E-state index >= 15 is 0 Å². The van der Waals surface area contributed by atoms with Gasteiger partial charge in [-0.15, -0.1) is 0 Å². The summed E-state index contributed by atoms with van der Waals surface area (Å²) in [6, 6.07) is 17.1. The number of anilines is 1. The number of carbonyl (C=O) groups is 1. The molecular weight excluding hydrogens is 525 g/mol. The minimum atomic E-state index is -4.81. The largest absolute Gasteiger partial charge is 0.417 e. The fraction of sp³-hybridized carbons (Fsp3) is 0.296. The van der Waals surface area contributed by atoms with Gasteiger partial charge in [-0.3, -0.25) is 9.10 Å². The van der Waals surface area contributed by atoms with Crippen LogP contribution in [-0.4, -0.2) is 20.9 Å². The van der Waals surface area contributed by atoms with Crippen LogP contribution in [-0.2, 0) is 26.4 Å². The van der Waals surface area contributed by atoms with Crippen molar-refractivity contribution in [2.24, 2.45) is 0 Å². The molecule has 37 heavy (non-hydrogen) atoms. The van der Waals surface area contributed by atoms with Crippen molar-refractivity contribution >= 4 is 33.2 Å². The van der Waals surface area contributed by atoms with E-state index in [-0.39, 0.29) is 16.0 Å². The van der Waals surface area contributed by atoms with E-state index in [9.17, 15) is 26.4 Å². The maximum Gasteiger partial charge on any atom is 0.417 e. The Morgan fingerprint density at radius 3 is 2.11 bits per heavy atom. The standard InChI is InChI=1S/C27H28ClF3N2O3S/c1-18(19-10-12-20(13-11-19)26(2,3)4)32-25(34)17-33(37(35,36)22-8-6-5-7-9-22)21-14-15-24(28)23(16-21)27(29,30)31/h5-16,18H,17H2,1-4H3,(H,32,34)/t18-/m0/s1. The molecule has 198 valence electrons. The van der Waals surface area contributed by atoms with Crippen molar-refractivity contribution in [2.75, 3.05) is 10.8 Å². The first-order valence-corrected chi connectivity index (χ1v) is 13.3. The normalized spacial score (nSPS) is 13.2. The molecule has 0 saturated heterocycles. The number of amides is 1. The molecule has 0 aromatic heterocycles. The molecule has 0 saturated carbocycles. The van der Waals surface area contributed by atoms with Crippen molar-refractivity contribution in [2.45, 2.75) is 50.2 Å². The number of hydrogen-bond donors (Lipinski definition) is 1. The highest BCUT2D eigenvalue weighted by molar-refractivity contribution is 7.92. The summed E-state index contributed by atoms with van der Waals surface area (Å²) in [6.45, 7) is 7.24. The molecule has 1 amide bonds. The Morgan fingerprint density at radius 1 is 0.973 bits per heavy atom. The van der Waals surface area contributed by atoms with Crippen molar-refractivity contribution < 1.29 is 26.4 Å². The first-order valence-electron chi connectivity index (χ1n) is 11.4. The second-order valence-corrected chi connectivity index (χ2v) is 11.9. The molecule has 1 N–H and O–H groups in total. The number of halogens is 4. The minimum Gasteiger partial charge on any atom is -0.348 e. The second-order valence-electron chi connectivity index (χ2n) is 9.65. The molecule has 0 unspecified atom stereocenters. The van der Waals surface area contributed by atoms with Gasteiger partial charge in [-0.25, -0.2) is 8.42 Å². The Morgan fingerprint density at radius 2 is 1.57 bits per heavy atom. The van der Waals surface area contributed by atoms with Gasteiger partial charge in [0.05, 0.1) is 27.2 Å². The van der Waals surface area contributed by atoms with E-state index in [1.165, 1.54) is 24.3 Å². The van der Waals surface area contributed by atoms with Crippen LogP contribution in [0.2, 0.25) is 5.02 Å². The molecule has 0 heterocycles. The lowest BCUT2D eigenvalue weighted by molar-refractivity contribution is -0.137. The summed E-state index contributed by atoms with van der Waals surface area (Å²) in [5, 5.41) is 2.16. The molecule has 3 aromatic rings. The van der Waals surface area contributed by atoms with E-state index in [1.807, 2.05) is 24.3 Å². The van der Waals surface area contributed by atoms with Crippen LogP contribution in [0.4, 0.5) is 18.9 Å². The van der Waals surface area contributed by atoms with Crippen molar-refractivity contribution in [3.8, 4) is 0 Å². The number of carbonyl (C=O) groups excluding carboxylic acids is 1. The molecule has 3 aromatic carbocycles. The van der Waals surface area contributed by atoms with Gasteiger partial charge < -0.3 is 5.32 Å². The summed E-state index contributed by atoms with van der Waals surface area (Å²) in [5.41, 5.74) is 0.318. The highest BCUT2D eigenvalue weighted by Crippen LogP contribution is 2.38. The summed E-state index contributed by atoms with van der Waals surface area (Å²) in [6.07, 6.45) is -4.81. The zero-order valence-electron chi connectivity index (χ0n) is 20.8. The molecular formula is C27H28ClF3N2O3S. The van der Waals surface area contributed by atoms with Gasteiger partial charge in [0.1, 0.15) is 6.54 Å². The molecule has 1 atom stereocenters. The van der Waals surface area contributed by atoms with Crippen LogP contribution >= 0.6 is 11.6 Å². The van der Waals surface area contributed by atoms with Crippen LogP contribution in [0.3, 0.4) is 0 Å². The summed E-state index contributed by atoms with van der Waals surface area (Å²) in [4.78, 5) is 12.8. The van der Waals surface area contributed by atoms with Gasteiger partial charge in [0.2, 0.25) is 5.91 Å². The maximum atomic E-state index is 13.5. The van der Waals surface area contributed by atoms with Gasteiger partial charge in [-0.1, -0.05) is 74.8 Å². The van der Waals surface area contributed by atoms with Gasteiger partial charge in [-0.05, 0) is 53.8 Å². The zero-order chi connectivity index (χ0) is 27.6.